The van der Waals surface area contributed by atoms with Gasteiger partial charge in [0.2, 0.25) is 0 Å². The van der Waals surface area contributed by atoms with Gasteiger partial charge in [0.1, 0.15) is 17.5 Å². The van der Waals surface area contributed by atoms with E-state index in [9.17, 15) is 9.90 Å². The molecule has 1 fully saturated rings. The Bertz CT molecular complexity index is 1300. The van der Waals surface area contributed by atoms with Gasteiger partial charge in [0, 0.05) is 23.6 Å². The van der Waals surface area contributed by atoms with E-state index >= 15 is 0 Å². The summed E-state index contributed by atoms with van der Waals surface area (Å²) < 4.78 is 6.72. The molecule has 0 amide bonds. The number of carboxylic acid groups (broad SMARTS) is 1. The average Bonchev–Trinajstić information content (AvgIpc) is 3.28. The quantitative estimate of drug-likeness (QED) is 0.300. The topological polar surface area (TPSA) is 97.2 Å². The number of hydrogen-bond donors (Lipinski definition) is 2. The van der Waals surface area contributed by atoms with Gasteiger partial charge in [0.05, 0.1) is 9.72 Å². The van der Waals surface area contributed by atoms with Crippen molar-refractivity contribution in [1.29, 1.82) is 0 Å². The molecular formula is C25H23ClN4O3S. The minimum absolute atomic E-state index is 0.0963. The molecule has 174 valence electrons. The molecule has 1 aliphatic rings. The zero-order valence-corrected chi connectivity index (χ0v) is 19.9. The monoisotopic (exact) mass is 494 g/mol. The van der Waals surface area contributed by atoms with Crippen molar-refractivity contribution in [3.8, 4) is 17.1 Å². The van der Waals surface area contributed by atoms with Gasteiger partial charge < -0.3 is 15.2 Å². The van der Waals surface area contributed by atoms with Gasteiger partial charge in [0.15, 0.2) is 5.13 Å². The second-order valence-corrected chi connectivity index (χ2v) is 9.93. The zero-order valence-electron chi connectivity index (χ0n) is 18.3. The summed E-state index contributed by atoms with van der Waals surface area (Å²) in [6, 6.07) is 13.8. The number of aliphatic carboxylic acids is 1. The Morgan fingerprint density at radius 1 is 1.06 bits per heavy atom. The average molecular weight is 495 g/mol. The molecule has 0 bridgehead atoms. The predicted octanol–water partition coefficient (Wildman–Crippen LogP) is 6.56. The minimum Gasteiger partial charge on any atom is -0.481 e. The summed E-state index contributed by atoms with van der Waals surface area (Å²) in [5.41, 5.74) is 2.67. The van der Waals surface area contributed by atoms with Crippen molar-refractivity contribution in [2.24, 2.45) is 5.41 Å². The van der Waals surface area contributed by atoms with Crippen LogP contribution in [0.3, 0.4) is 0 Å². The molecule has 0 saturated heterocycles. The van der Waals surface area contributed by atoms with Crippen molar-refractivity contribution in [3.63, 3.8) is 0 Å². The summed E-state index contributed by atoms with van der Waals surface area (Å²) in [6.45, 7) is 0.0963. The number of hydrogen-bond acceptors (Lipinski definition) is 7. The smallest absolute Gasteiger partial charge is 0.316 e. The molecule has 1 aliphatic carbocycles. The highest BCUT2D eigenvalue weighted by Crippen LogP contribution is 2.37. The number of carboxylic acids is 1. The van der Waals surface area contributed by atoms with Crippen LogP contribution in [-0.4, -0.2) is 32.6 Å². The molecule has 0 unspecified atom stereocenters. The first-order valence-corrected chi connectivity index (χ1v) is 12.3. The highest BCUT2D eigenvalue weighted by atomic mass is 35.5. The van der Waals surface area contributed by atoms with Crippen molar-refractivity contribution in [1.82, 2.24) is 15.0 Å². The Labute approximate surface area is 205 Å². The molecule has 7 nitrogen and oxygen atoms in total. The van der Waals surface area contributed by atoms with E-state index in [1.807, 2.05) is 42.5 Å². The number of fused-ring (bicyclic) bond motifs is 1. The van der Waals surface area contributed by atoms with E-state index in [-0.39, 0.29) is 12.6 Å². The van der Waals surface area contributed by atoms with Gasteiger partial charge in [-0.25, -0.2) is 15.0 Å². The highest BCUT2D eigenvalue weighted by Gasteiger charge is 2.40. The van der Waals surface area contributed by atoms with Crippen LogP contribution in [0.15, 0.2) is 54.9 Å². The molecule has 9 heteroatoms. The normalized spacial score (nSPS) is 15.2. The maximum absolute atomic E-state index is 11.8. The molecule has 0 spiro atoms. The number of benzene rings is 2. The number of halogens is 1. The first-order chi connectivity index (χ1) is 16.5. The van der Waals surface area contributed by atoms with Gasteiger partial charge in [-0.3, -0.25) is 4.79 Å². The van der Waals surface area contributed by atoms with Crippen LogP contribution in [0.25, 0.3) is 21.3 Å². The van der Waals surface area contributed by atoms with Crippen molar-refractivity contribution in [2.75, 3.05) is 11.9 Å². The summed E-state index contributed by atoms with van der Waals surface area (Å²) in [6.07, 6.45) is 7.53. The third kappa shape index (κ3) is 4.69. The highest BCUT2D eigenvalue weighted by molar-refractivity contribution is 7.22. The van der Waals surface area contributed by atoms with Crippen molar-refractivity contribution < 1.29 is 14.6 Å². The number of ether oxygens (including phenoxy) is 1. The minimum atomic E-state index is -0.836. The number of nitrogens with one attached hydrogen (secondary N) is 1. The lowest BCUT2D eigenvalue weighted by Crippen LogP contribution is -2.39. The Balaban J connectivity index is 1.23. The van der Waals surface area contributed by atoms with E-state index in [0.717, 1.165) is 51.4 Å². The van der Waals surface area contributed by atoms with Crippen LogP contribution in [0, 0.1) is 5.41 Å². The second-order valence-electron chi connectivity index (χ2n) is 8.50. The van der Waals surface area contributed by atoms with Crippen LogP contribution in [0.4, 0.5) is 10.8 Å². The Morgan fingerprint density at radius 2 is 1.79 bits per heavy atom. The summed E-state index contributed by atoms with van der Waals surface area (Å²) >= 11 is 7.77. The molecule has 0 aliphatic heterocycles. The fourth-order valence-electron chi connectivity index (χ4n) is 4.23. The van der Waals surface area contributed by atoms with E-state index in [1.165, 1.54) is 0 Å². The molecule has 1 saturated carbocycles. The molecule has 4 aromatic rings. The maximum Gasteiger partial charge on any atom is 0.316 e. The number of nitrogens with zero attached hydrogens (tertiary/aromatic N) is 3. The third-order valence-electron chi connectivity index (χ3n) is 6.21. The molecular weight excluding hydrogens is 472 g/mol. The van der Waals surface area contributed by atoms with Crippen LogP contribution in [0.2, 0.25) is 5.02 Å². The molecule has 2 aromatic carbocycles. The molecule has 0 atom stereocenters. The van der Waals surface area contributed by atoms with E-state index < -0.39 is 11.4 Å². The van der Waals surface area contributed by atoms with Crippen molar-refractivity contribution in [2.45, 2.75) is 32.1 Å². The van der Waals surface area contributed by atoms with Crippen LogP contribution < -0.4 is 10.1 Å². The van der Waals surface area contributed by atoms with Gasteiger partial charge in [-0.05, 0) is 42.7 Å². The lowest BCUT2D eigenvalue weighted by atomic mass is 9.75. The van der Waals surface area contributed by atoms with Crippen LogP contribution >= 0.6 is 22.9 Å². The number of rotatable bonds is 7. The standard InChI is InChI=1S/C25H23ClN4O3S/c26-19-5-4-6-20-21(19)30-24(34-20)29-18-9-7-16(8-10-18)17-13-27-23(28-14-17)33-15-25(22(31)32)11-2-1-3-12-25/h4-10,13-14H,1-3,11-12,15H2,(H,29,30)(H,31,32). The predicted molar refractivity (Wildman–Crippen MR) is 134 cm³/mol. The number of thiazole rings is 1. The molecule has 0 radical (unpaired) electrons. The van der Waals surface area contributed by atoms with E-state index in [1.54, 1.807) is 23.7 Å². The van der Waals surface area contributed by atoms with E-state index in [2.05, 4.69) is 20.3 Å². The SMILES string of the molecule is O=C(O)C1(COc2ncc(-c3ccc(Nc4nc5c(Cl)cccc5s4)cc3)cn2)CCCCC1. The lowest BCUT2D eigenvalue weighted by Gasteiger charge is -2.32. The van der Waals surface area contributed by atoms with E-state index in [0.29, 0.717) is 17.9 Å². The third-order valence-corrected chi connectivity index (χ3v) is 7.45. The van der Waals surface area contributed by atoms with Crippen LogP contribution in [0.1, 0.15) is 32.1 Å². The lowest BCUT2D eigenvalue weighted by molar-refractivity contribution is -0.153. The second kappa shape index (κ2) is 9.56. The van der Waals surface area contributed by atoms with Crippen molar-refractivity contribution >= 4 is 49.9 Å². The molecule has 2 aromatic heterocycles. The number of aromatic nitrogens is 3. The van der Waals surface area contributed by atoms with Gasteiger partial charge >= 0.3 is 12.0 Å². The summed E-state index contributed by atoms with van der Waals surface area (Å²) in [5.74, 6) is -0.800. The van der Waals surface area contributed by atoms with Gasteiger partial charge in [-0.2, -0.15) is 0 Å². The van der Waals surface area contributed by atoms with Crippen molar-refractivity contribution in [3.05, 3.63) is 59.9 Å². The largest absolute Gasteiger partial charge is 0.481 e. The Morgan fingerprint density at radius 3 is 2.47 bits per heavy atom. The number of carbonyl (C=O) groups is 1. The van der Waals surface area contributed by atoms with Crippen LogP contribution in [0.5, 0.6) is 6.01 Å². The van der Waals surface area contributed by atoms with Crippen LogP contribution in [-0.2, 0) is 4.79 Å². The number of anilines is 2. The van der Waals surface area contributed by atoms with E-state index in [4.69, 9.17) is 16.3 Å². The molecule has 34 heavy (non-hydrogen) atoms. The fourth-order valence-corrected chi connectivity index (χ4v) is 5.41. The molecule has 5 rings (SSSR count). The fraction of sp³-hybridized carbons (Fsp3) is 0.280. The zero-order chi connectivity index (χ0) is 23.5. The summed E-state index contributed by atoms with van der Waals surface area (Å²) in [7, 11) is 0. The summed E-state index contributed by atoms with van der Waals surface area (Å²) in [5, 5.41) is 14.4. The molecule has 2 N–H and O–H groups in total. The maximum atomic E-state index is 11.8. The first kappa shape index (κ1) is 22.6. The van der Waals surface area contributed by atoms with Gasteiger partial charge in [0.25, 0.3) is 0 Å². The van der Waals surface area contributed by atoms with Gasteiger partial charge in [-0.15, -0.1) is 0 Å². The Hall–Kier alpha value is -3.23. The van der Waals surface area contributed by atoms with Gasteiger partial charge in [-0.1, -0.05) is 60.4 Å². The number of para-hydroxylation sites is 1. The Kier molecular flexibility index (Phi) is 6.34. The molecule has 2 heterocycles. The first-order valence-electron chi connectivity index (χ1n) is 11.1. The summed E-state index contributed by atoms with van der Waals surface area (Å²) in [4.78, 5) is 25.0.